The summed E-state index contributed by atoms with van der Waals surface area (Å²) < 4.78 is 0. The Kier molecular flexibility index (Phi) is 2.13. The summed E-state index contributed by atoms with van der Waals surface area (Å²) in [5, 5.41) is 9.29. The van der Waals surface area contributed by atoms with Gasteiger partial charge in [-0.15, -0.1) is 0 Å². The molecule has 2 heteroatoms. The van der Waals surface area contributed by atoms with Gasteiger partial charge in [-0.2, -0.15) is 0 Å². The molecule has 0 aromatic carbocycles. The largest absolute Gasteiger partial charge is 0.508 e. The van der Waals surface area contributed by atoms with Crippen LogP contribution in [0.15, 0.2) is 23.0 Å². The first-order chi connectivity index (χ1) is 5.13. The van der Waals surface area contributed by atoms with Gasteiger partial charge >= 0.3 is 0 Å². The number of hydrogen-bond acceptors (Lipinski definition) is 2. The lowest BCUT2D eigenvalue weighted by molar-refractivity contribution is -0.113. The van der Waals surface area contributed by atoms with Gasteiger partial charge in [0.1, 0.15) is 5.76 Å². The van der Waals surface area contributed by atoms with Crippen LogP contribution in [0.25, 0.3) is 0 Å². The first-order valence-electron chi connectivity index (χ1n) is 3.73. The Hall–Kier alpha value is -1.05. The molecule has 60 valence electrons. The van der Waals surface area contributed by atoms with Crippen LogP contribution in [0, 0.1) is 0 Å². The molecule has 0 aromatic heterocycles. The van der Waals surface area contributed by atoms with Crippen molar-refractivity contribution in [3.8, 4) is 0 Å². The molecular weight excluding hydrogens is 140 g/mol. The molecule has 11 heavy (non-hydrogen) atoms. The van der Waals surface area contributed by atoms with Gasteiger partial charge in [-0.1, -0.05) is 5.57 Å². The van der Waals surface area contributed by atoms with Crippen LogP contribution in [0.5, 0.6) is 0 Å². The van der Waals surface area contributed by atoms with E-state index in [1.165, 1.54) is 6.92 Å². The SMILES string of the molecule is CC(=O)C1=C(C)CCC=C1O. The molecule has 0 bridgehead atoms. The highest BCUT2D eigenvalue weighted by Gasteiger charge is 2.15. The third-order valence-electron chi connectivity index (χ3n) is 1.89. The topological polar surface area (TPSA) is 37.3 Å². The van der Waals surface area contributed by atoms with E-state index < -0.39 is 0 Å². The zero-order valence-corrected chi connectivity index (χ0v) is 6.85. The lowest BCUT2D eigenvalue weighted by atomic mass is 9.95. The van der Waals surface area contributed by atoms with Crippen LogP contribution < -0.4 is 0 Å². The quantitative estimate of drug-likeness (QED) is 0.625. The lowest BCUT2D eigenvalue weighted by Crippen LogP contribution is -2.06. The van der Waals surface area contributed by atoms with E-state index in [0.29, 0.717) is 5.57 Å². The van der Waals surface area contributed by atoms with Gasteiger partial charge < -0.3 is 5.11 Å². The molecule has 1 rings (SSSR count). The smallest absolute Gasteiger partial charge is 0.163 e. The minimum absolute atomic E-state index is 0.0454. The monoisotopic (exact) mass is 152 g/mol. The molecule has 2 nitrogen and oxygen atoms in total. The van der Waals surface area contributed by atoms with E-state index in [0.717, 1.165) is 18.4 Å². The Morgan fingerprint density at radius 1 is 1.64 bits per heavy atom. The maximum atomic E-state index is 11.0. The molecule has 1 N–H and O–H groups in total. The predicted octanol–water partition coefficient (Wildman–Crippen LogP) is 2.13. The molecule has 0 unspecified atom stereocenters. The van der Waals surface area contributed by atoms with E-state index in [2.05, 4.69) is 0 Å². The summed E-state index contributed by atoms with van der Waals surface area (Å²) in [7, 11) is 0. The van der Waals surface area contributed by atoms with Gasteiger partial charge in [0.15, 0.2) is 5.78 Å². The summed E-state index contributed by atoms with van der Waals surface area (Å²) in [6.45, 7) is 3.37. The van der Waals surface area contributed by atoms with Crippen molar-refractivity contribution in [3.05, 3.63) is 23.0 Å². The number of hydrogen-bond donors (Lipinski definition) is 1. The van der Waals surface area contributed by atoms with Gasteiger partial charge in [-0.25, -0.2) is 0 Å². The molecule has 0 spiro atoms. The molecule has 0 radical (unpaired) electrons. The van der Waals surface area contributed by atoms with Crippen LogP contribution in [-0.2, 0) is 4.79 Å². The number of rotatable bonds is 1. The Morgan fingerprint density at radius 2 is 2.27 bits per heavy atom. The van der Waals surface area contributed by atoms with E-state index >= 15 is 0 Å². The number of aliphatic hydroxyl groups excluding tert-OH is 1. The summed E-state index contributed by atoms with van der Waals surface area (Å²) in [5.41, 5.74) is 1.51. The summed E-state index contributed by atoms with van der Waals surface area (Å²) in [4.78, 5) is 11.0. The van der Waals surface area contributed by atoms with Crippen molar-refractivity contribution in [3.63, 3.8) is 0 Å². The highest BCUT2D eigenvalue weighted by molar-refractivity contribution is 5.97. The van der Waals surface area contributed by atoms with Crippen LogP contribution in [-0.4, -0.2) is 10.9 Å². The Morgan fingerprint density at radius 3 is 2.64 bits per heavy atom. The van der Waals surface area contributed by atoms with Gasteiger partial charge in [0.25, 0.3) is 0 Å². The second kappa shape index (κ2) is 2.91. The van der Waals surface area contributed by atoms with Crippen molar-refractivity contribution >= 4 is 5.78 Å². The summed E-state index contributed by atoms with van der Waals surface area (Å²) >= 11 is 0. The molecule has 0 saturated carbocycles. The van der Waals surface area contributed by atoms with Crippen molar-refractivity contribution < 1.29 is 9.90 Å². The lowest BCUT2D eigenvalue weighted by Gasteiger charge is -2.12. The van der Waals surface area contributed by atoms with Crippen molar-refractivity contribution in [2.24, 2.45) is 0 Å². The fraction of sp³-hybridized carbons (Fsp3) is 0.444. The second-order valence-electron chi connectivity index (χ2n) is 2.84. The molecule has 0 aromatic rings. The Bertz CT molecular complexity index is 246. The normalized spacial score (nSPS) is 18.2. The number of carbonyl (C=O) groups is 1. The molecule has 1 aliphatic rings. The van der Waals surface area contributed by atoms with Crippen LogP contribution in [0.2, 0.25) is 0 Å². The number of ketones is 1. The zero-order chi connectivity index (χ0) is 8.43. The molecule has 0 amide bonds. The predicted molar refractivity (Wildman–Crippen MR) is 43.3 cm³/mol. The fourth-order valence-electron chi connectivity index (χ4n) is 1.35. The van der Waals surface area contributed by atoms with Crippen molar-refractivity contribution in [2.45, 2.75) is 26.7 Å². The molecule has 1 aliphatic carbocycles. The fourth-order valence-corrected chi connectivity index (χ4v) is 1.35. The highest BCUT2D eigenvalue weighted by atomic mass is 16.3. The summed E-state index contributed by atoms with van der Waals surface area (Å²) in [5.74, 6) is 0.109. The van der Waals surface area contributed by atoms with Crippen LogP contribution in [0.1, 0.15) is 26.7 Å². The Balaban J connectivity index is 3.04. The third-order valence-corrected chi connectivity index (χ3v) is 1.89. The van der Waals surface area contributed by atoms with E-state index in [1.807, 2.05) is 6.92 Å². The van der Waals surface area contributed by atoms with E-state index in [-0.39, 0.29) is 11.5 Å². The van der Waals surface area contributed by atoms with Gasteiger partial charge in [-0.3, -0.25) is 4.79 Å². The molecule has 0 saturated heterocycles. The first kappa shape index (κ1) is 8.05. The third kappa shape index (κ3) is 1.50. The average molecular weight is 152 g/mol. The van der Waals surface area contributed by atoms with Gasteiger partial charge in [0, 0.05) is 0 Å². The summed E-state index contributed by atoms with van der Waals surface area (Å²) in [6, 6.07) is 0. The van der Waals surface area contributed by atoms with E-state index in [9.17, 15) is 9.90 Å². The summed E-state index contributed by atoms with van der Waals surface area (Å²) in [6.07, 6.45) is 3.43. The van der Waals surface area contributed by atoms with Crippen LogP contribution >= 0.6 is 0 Å². The van der Waals surface area contributed by atoms with Gasteiger partial charge in [-0.05, 0) is 32.8 Å². The van der Waals surface area contributed by atoms with Crippen LogP contribution in [0.4, 0.5) is 0 Å². The van der Waals surface area contributed by atoms with Crippen molar-refractivity contribution in [2.75, 3.05) is 0 Å². The van der Waals surface area contributed by atoms with E-state index in [1.54, 1.807) is 6.08 Å². The van der Waals surface area contributed by atoms with Crippen molar-refractivity contribution in [1.29, 1.82) is 0 Å². The molecule has 0 aliphatic heterocycles. The number of aliphatic hydroxyl groups is 1. The Labute approximate surface area is 66.2 Å². The average Bonchev–Trinajstić information content (AvgIpc) is 1.85. The molecule has 0 heterocycles. The first-order valence-corrected chi connectivity index (χ1v) is 3.73. The minimum Gasteiger partial charge on any atom is -0.508 e. The standard InChI is InChI=1S/C9H12O2/c1-6-4-3-5-8(11)9(6)7(2)10/h5,11H,3-4H2,1-2H3. The molecular formula is C9H12O2. The number of carbonyl (C=O) groups excluding carboxylic acids is 1. The van der Waals surface area contributed by atoms with E-state index in [4.69, 9.17) is 0 Å². The highest BCUT2D eigenvalue weighted by Crippen LogP contribution is 2.23. The maximum Gasteiger partial charge on any atom is 0.163 e. The molecule has 0 fully saturated rings. The molecule has 0 atom stereocenters. The van der Waals surface area contributed by atoms with Gasteiger partial charge in [0.05, 0.1) is 5.57 Å². The minimum atomic E-state index is -0.0454. The number of Topliss-reactive ketones (excluding diaryl/α,β-unsaturated/α-hetero) is 1. The van der Waals surface area contributed by atoms with Gasteiger partial charge in [0.2, 0.25) is 0 Å². The van der Waals surface area contributed by atoms with Crippen LogP contribution in [0.3, 0.4) is 0 Å². The number of allylic oxidation sites excluding steroid dienone is 3. The zero-order valence-electron chi connectivity index (χ0n) is 6.85. The van der Waals surface area contributed by atoms with Crippen molar-refractivity contribution in [1.82, 2.24) is 0 Å². The maximum absolute atomic E-state index is 11.0. The second-order valence-corrected chi connectivity index (χ2v) is 2.84.